The molecule has 0 aliphatic rings. The van der Waals surface area contributed by atoms with Gasteiger partial charge < -0.3 is 5.32 Å². The molecule has 3 nitrogen and oxygen atoms in total. The summed E-state index contributed by atoms with van der Waals surface area (Å²) >= 11 is 0. The third-order valence-electron chi connectivity index (χ3n) is 2.15. The lowest BCUT2D eigenvalue weighted by Gasteiger charge is -2.16. The average Bonchev–Trinajstić information content (AvgIpc) is 2.15. The number of unbranched alkanes of at least 4 members (excludes halogenated alkanes) is 1. The first-order chi connectivity index (χ1) is 6.74. The summed E-state index contributed by atoms with van der Waals surface area (Å²) in [5, 5.41) is 11.2. The molecule has 1 unspecified atom stereocenters. The van der Waals surface area contributed by atoms with Crippen LogP contribution in [0.3, 0.4) is 0 Å². The van der Waals surface area contributed by atoms with E-state index in [-0.39, 0.29) is 18.4 Å². The number of hydrogen-bond acceptors (Lipinski definition) is 2. The number of nitriles is 1. The highest BCUT2D eigenvalue weighted by Gasteiger charge is 2.09. The van der Waals surface area contributed by atoms with Gasteiger partial charge in [-0.3, -0.25) is 4.79 Å². The summed E-state index contributed by atoms with van der Waals surface area (Å²) in [6.45, 7) is 4.25. The summed E-state index contributed by atoms with van der Waals surface area (Å²) in [5.74, 6) is -0.137. The van der Waals surface area contributed by atoms with Crippen LogP contribution in [0.1, 0.15) is 52.4 Å². The average molecular weight is 196 g/mol. The summed E-state index contributed by atoms with van der Waals surface area (Å²) in [5.41, 5.74) is 0. The van der Waals surface area contributed by atoms with Crippen LogP contribution in [-0.2, 0) is 4.79 Å². The zero-order valence-corrected chi connectivity index (χ0v) is 9.18. The maximum Gasteiger partial charge on any atom is 0.234 e. The van der Waals surface area contributed by atoms with E-state index in [1.807, 2.05) is 6.07 Å². The van der Waals surface area contributed by atoms with Crippen molar-refractivity contribution in [3.63, 3.8) is 0 Å². The van der Waals surface area contributed by atoms with Crippen LogP contribution in [0.15, 0.2) is 0 Å². The van der Waals surface area contributed by atoms with Crippen molar-refractivity contribution in [3.05, 3.63) is 0 Å². The standard InChI is InChI=1S/C11H20N2O/c1-3-5-7-10(6-4-2)13-11(14)8-9-12/h10H,3-8H2,1-2H3,(H,13,14). The van der Waals surface area contributed by atoms with E-state index >= 15 is 0 Å². The van der Waals surface area contributed by atoms with Crippen molar-refractivity contribution in [3.8, 4) is 6.07 Å². The molecule has 0 bridgehead atoms. The molecule has 80 valence electrons. The number of amides is 1. The Morgan fingerprint density at radius 3 is 2.57 bits per heavy atom. The Hall–Kier alpha value is -1.04. The first-order valence-corrected chi connectivity index (χ1v) is 5.40. The molecule has 0 aliphatic carbocycles. The molecule has 0 fully saturated rings. The minimum atomic E-state index is -0.137. The second kappa shape index (κ2) is 8.55. The van der Waals surface area contributed by atoms with Crippen molar-refractivity contribution >= 4 is 5.91 Å². The van der Waals surface area contributed by atoms with Crippen LogP contribution in [0.2, 0.25) is 0 Å². The minimum Gasteiger partial charge on any atom is -0.352 e. The van der Waals surface area contributed by atoms with Gasteiger partial charge in [0.05, 0.1) is 6.07 Å². The fourth-order valence-corrected chi connectivity index (χ4v) is 1.44. The Bertz CT molecular complexity index is 196. The van der Waals surface area contributed by atoms with Crippen molar-refractivity contribution in [1.82, 2.24) is 5.32 Å². The molecule has 0 aromatic rings. The van der Waals surface area contributed by atoms with Crippen molar-refractivity contribution in [2.24, 2.45) is 0 Å². The van der Waals surface area contributed by atoms with Gasteiger partial charge in [0, 0.05) is 6.04 Å². The van der Waals surface area contributed by atoms with Gasteiger partial charge in [-0.05, 0) is 12.8 Å². The number of nitrogens with zero attached hydrogens (tertiary/aromatic N) is 1. The second-order valence-corrected chi connectivity index (χ2v) is 3.53. The predicted molar refractivity (Wildman–Crippen MR) is 56.6 cm³/mol. The van der Waals surface area contributed by atoms with Crippen LogP contribution in [-0.4, -0.2) is 11.9 Å². The van der Waals surface area contributed by atoms with Gasteiger partial charge in [0.1, 0.15) is 6.42 Å². The number of carbonyl (C=O) groups is 1. The SMILES string of the molecule is CCCCC(CCC)NC(=O)CC#N. The summed E-state index contributed by atoms with van der Waals surface area (Å²) in [6, 6.07) is 2.12. The van der Waals surface area contributed by atoms with Crippen molar-refractivity contribution in [2.75, 3.05) is 0 Å². The number of carbonyl (C=O) groups excluding carboxylic acids is 1. The Morgan fingerprint density at radius 2 is 2.07 bits per heavy atom. The molecular weight excluding hydrogens is 176 g/mol. The fourth-order valence-electron chi connectivity index (χ4n) is 1.44. The van der Waals surface area contributed by atoms with E-state index in [2.05, 4.69) is 19.2 Å². The van der Waals surface area contributed by atoms with E-state index in [1.165, 1.54) is 0 Å². The van der Waals surface area contributed by atoms with Gasteiger partial charge in [0.2, 0.25) is 5.91 Å². The molecule has 3 heteroatoms. The molecule has 0 saturated heterocycles. The van der Waals surface area contributed by atoms with Crippen molar-refractivity contribution in [1.29, 1.82) is 5.26 Å². The lowest BCUT2D eigenvalue weighted by Crippen LogP contribution is -2.34. The maximum atomic E-state index is 11.2. The molecule has 0 aromatic heterocycles. The van der Waals surface area contributed by atoms with E-state index < -0.39 is 0 Å². The molecule has 0 aliphatic heterocycles. The molecule has 0 heterocycles. The van der Waals surface area contributed by atoms with E-state index in [9.17, 15) is 4.79 Å². The second-order valence-electron chi connectivity index (χ2n) is 3.53. The largest absolute Gasteiger partial charge is 0.352 e. The smallest absolute Gasteiger partial charge is 0.234 e. The van der Waals surface area contributed by atoms with Gasteiger partial charge in [0.15, 0.2) is 0 Å². The summed E-state index contributed by atoms with van der Waals surface area (Å²) in [6.07, 6.45) is 5.37. The lowest BCUT2D eigenvalue weighted by molar-refractivity contribution is -0.120. The maximum absolute atomic E-state index is 11.2. The van der Waals surface area contributed by atoms with E-state index in [0.29, 0.717) is 0 Å². The molecule has 0 saturated carbocycles. The van der Waals surface area contributed by atoms with Crippen LogP contribution < -0.4 is 5.32 Å². The van der Waals surface area contributed by atoms with Crippen molar-refractivity contribution < 1.29 is 4.79 Å². The van der Waals surface area contributed by atoms with Gasteiger partial charge in [-0.15, -0.1) is 0 Å². The van der Waals surface area contributed by atoms with Crippen LogP contribution in [0.4, 0.5) is 0 Å². The van der Waals surface area contributed by atoms with Gasteiger partial charge in [0.25, 0.3) is 0 Å². The molecular formula is C11H20N2O. The lowest BCUT2D eigenvalue weighted by atomic mass is 10.1. The molecule has 14 heavy (non-hydrogen) atoms. The van der Waals surface area contributed by atoms with Crippen LogP contribution in [0, 0.1) is 11.3 Å². The summed E-state index contributed by atoms with van der Waals surface area (Å²) < 4.78 is 0. The van der Waals surface area contributed by atoms with Gasteiger partial charge in [-0.25, -0.2) is 0 Å². The number of rotatable bonds is 7. The van der Waals surface area contributed by atoms with Gasteiger partial charge in [-0.1, -0.05) is 33.1 Å². The van der Waals surface area contributed by atoms with Crippen LogP contribution in [0.5, 0.6) is 0 Å². The summed E-state index contributed by atoms with van der Waals surface area (Å²) in [4.78, 5) is 11.2. The van der Waals surface area contributed by atoms with Crippen molar-refractivity contribution in [2.45, 2.75) is 58.4 Å². The third kappa shape index (κ3) is 6.47. The van der Waals surface area contributed by atoms with Crippen LogP contribution >= 0.6 is 0 Å². The molecule has 1 atom stereocenters. The Balaban J connectivity index is 3.83. The zero-order chi connectivity index (χ0) is 10.8. The normalized spacial score (nSPS) is 11.8. The molecule has 0 radical (unpaired) electrons. The topological polar surface area (TPSA) is 52.9 Å². The molecule has 1 amide bonds. The molecule has 0 spiro atoms. The first-order valence-electron chi connectivity index (χ1n) is 5.40. The highest BCUT2D eigenvalue weighted by molar-refractivity contribution is 5.78. The Kier molecular flexibility index (Phi) is 7.92. The highest BCUT2D eigenvalue weighted by Crippen LogP contribution is 2.06. The van der Waals surface area contributed by atoms with E-state index in [4.69, 9.17) is 5.26 Å². The Morgan fingerprint density at radius 1 is 1.36 bits per heavy atom. The van der Waals surface area contributed by atoms with Gasteiger partial charge in [-0.2, -0.15) is 5.26 Å². The Labute approximate surface area is 86.5 Å². The zero-order valence-electron chi connectivity index (χ0n) is 9.18. The minimum absolute atomic E-state index is 0.0215. The first kappa shape index (κ1) is 13.0. The monoisotopic (exact) mass is 196 g/mol. The predicted octanol–water partition coefficient (Wildman–Crippen LogP) is 2.38. The van der Waals surface area contributed by atoms with E-state index in [1.54, 1.807) is 0 Å². The molecule has 1 N–H and O–H groups in total. The fraction of sp³-hybridized carbons (Fsp3) is 0.818. The highest BCUT2D eigenvalue weighted by atomic mass is 16.1. The number of hydrogen-bond donors (Lipinski definition) is 1. The van der Waals surface area contributed by atoms with Gasteiger partial charge >= 0.3 is 0 Å². The molecule has 0 aromatic carbocycles. The third-order valence-corrected chi connectivity index (χ3v) is 2.15. The summed E-state index contributed by atoms with van der Waals surface area (Å²) in [7, 11) is 0. The molecule has 0 rings (SSSR count). The van der Waals surface area contributed by atoms with Crippen LogP contribution in [0.25, 0.3) is 0 Å². The van der Waals surface area contributed by atoms with E-state index in [0.717, 1.165) is 32.1 Å². The number of nitrogens with one attached hydrogen (secondary N) is 1. The quantitative estimate of drug-likeness (QED) is 0.679.